The van der Waals surface area contributed by atoms with Gasteiger partial charge in [0.1, 0.15) is 0 Å². The van der Waals surface area contributed by atoms with Crippen molar-refractivity contribution >= 4 is 18.3 Å². The zero-order valence-electron chi connectivity index (χ0n) is 6.37. The van der Waals surface area contributed by atoms with Crippen molar-refractivity contribution in [1.29, 1.82) is 0 Å². The molecular formula is C6H8N2O4. The van der Waals surface area contributed by atoms with Crippen LogP contribution in [0.1, 0.15) is 6.92 Å². The van der Waals surface area contributed by atoms with E-state index in [0.29, 0.717) is 6.41 Å². The summed E-state index contributed by atoms with van der Waals surface area (Å²) in [5, 5.41) is 4.52. The molecule has 1 saturated heterocycles. The Balaban J connectivity index is 2.42. The maximum atomic E-state index is 10.7. The molecule has 1 aliphatic rings. The van der Waals surface area contributed by atoms with Gasteiger partial charge in [0.15, 0.2) is 6.04 Å². The summed E-state index contributed by atoms with van der Waals surface area (Å²) < 4.78 is 4.63. The summed E-state index contributed by atoms with van der Waals surface area (Å²) in [6.07, 6.45) is -0.333. The molecule has 6 heteroatoms. The molecule has 2 atom stereocenters. The van der Waals surface area contributed by atoms with Gasteiger partial charge in [-0.2, -0.15) is 0 Å². The van der Waals surface area contributed by atoms with E-state index in [0.717, 1.165) is 0 Å². The molecule has 1 rings (SSSR count). The van der Waals surface area contributed by atoms with Crippen molar-refractivity contribution in [2.45, 2.75) is 19.2 Å². The minimum absolute atomic E-state index is 0.353. The minimum atomic E-state index is -0.744. The highest BCUT2D eigenvalue weighted by atomic mass is 16.6. The van der Waals surface area contributed by atoms with E-state index in [2.05, 4.69) is 15.4 Å². The van der Waals surface area contributed by atoms with Gasteiger partial charge in [-0.15, -0.1) is 0 Å². The normalized spacial score (nSPS) is 26.6. The van der Waals surface area contributed by atoms with Crippen LogP contribution in [-0.2, 0) is 19.1 Å². The first-order valence-corrected chi connectivity index (χ1v) is 3.32. The summed E-state index contributed by atoms with van der Waals surface area (Å²) >= 11 is 0. The molecule has 0 spiro atoms. The van der Waals surface area contributed by atoms with E-state index in [1.807, 2.05) is 0 Å². The predicted molar refractivity (Wildman–Crippen MR) is 36.7 cm³/mol. The maximum absolute atomic E-state index is 10.7. The zero-order valence-corrected chi connectivity index (χ0v) is 6.37. The van der Waals surface area contributed by atoms with E-state index < -0.39 is 18.2 Å². The van der Waals surface area contributed by atoms with Gasteiger partial charge < -0.3 is 15.4 Å². The largest absolute Gasteiger partial charge is 0.439 e. The molecule has 0 radical (unpaired) electrons. The van der Waals surface area contributed by atoms with Crippen LogP contribution in [0, 0.1) is 0 Å². The number of rotatable bonds is 3. The molecule has 0 aromatic carbocycles. The van der Waals surface area contributed by atoms with Crippen molar-refractivity contribution in [1.82, 2.24) is 10.6 Å². The van der Waals surface area contributed by atoms with Crippen molar-refractivity contribution in [3.63, 3.8) is 0 Å². The molecule has 0 aliphatic carbocycles. The second kappa shape index (κ2) is 3.21. The lowest BCUT2D eigenvalue weighted by atomic mass is 10.1. The lowest BCUT2D eigenvalue weighted by Gasteiger charge is -2.34. The number of hydrogen-bond donors (Lipinski definition) is 2. The molecule has 1 fully saturated rings. The molecule has 2 amide bonds. The SMILES string of the molecule is CC(=O)O[C@@H]1NC(=O)[C@H]1NC=O. The Kier molecular flexibility index (Phi) is 2.27. The van der Waals surface area contributed by atoms with Gasteiger partial charge in [-0.05, 0) is 0 Å². The number of β-lactam (4-membered cyclic amide) rings is 1. The van der Waals surface area contributed by atoms with Crippen LogP contribution in [0.3, 0.4) is 0 Å². The fraction of sp³-hybridized carbons (Fsp3) is 0.500. The second-order valence-corrected chi connectivity index (χ2v) is 2.30. The first kappa shape index (κ1) is 8.51. The molecule has 0 aromatic heterocycles. The van der Waals surface area contributed by atoms with Crippen molar-refractivity contribution in [3.05, 3.63) is 0 Å². The third-order valence-corrected chi connectivity index (χ3v) is 1.41. The van der Waals surface area contributed by atoms with Gasteiger partial charge >= 0.3 is 5.97 Å². The van der Waals surface area contributed by atoms with Gasteiger partial charge in [0.25, 0.3) is 5.91 Å². The Morgan fingerprint density at radius 3 is 2.83 bits per heavy atom. The van der Waals surface area contributed by atoms with E-state index in [1.165, 1.54) is 6.92 Å². The maximum Gasteiger partial charge on any atom is 0.304 e. The molecule has 0 saturated carbocycles. The van der Waals surface area contributed by atoms with Crippen molar-refractivity contribution in [3.8, 4) is 0 Å². The number of hydrogen-bond acceptors (Lipinski definition) is 4. The fourth-order valence-corrected chi connectivity index (χ4v) is 0.867. The van der Waals surface area contributed by atoms with Crippen LogP contribution in [0.25, 0.3) is 0 Å². The predicted octanol–water partition coefficient (Wildman–Crippen LogP) is -1.88. The molecule has 12 heavy (non-hydrogen) atoms. The van der Waals surface area contributed by atoms with Gasteiger partial charge in [0, 0.05) is 6.92 Å². The summed E-state index contributed by atoms with van der Waals surface area (Å²) in [6, 6.07) is -0.744. The topological polar surface area (TPSA) is 84.5 Å². The molecule has 66 valence electrons. The van der Waals surface area contributed by atoms with Crippen molar-refractivity contribution in [2.75, 3.05) is 0 Å². The Morgan fingerprint density at radius 2 is 2.42 bits per heavy atom. The highest BCUT2D eigenvalue weighted by molar-refractivity contribution is 5.90. The van der Waals surface area contributed by atoms with Crippen LogP contribution in [0.15, 0.2) is 0 Å². The van der Waals surface area contributed by atoms with Gasteiger partial charge in [-0.3, -0.25) is 14.4 Å². The first-order chi connectivity index (χ1) is 5.65. The van der Waals surface area contributed by atoms with Crippen LogP contribution < -0.4 is 10.6 Å². The third kappa shape index (κ3) is 1.52. The summed E-state index contributed by atoms with van der Waals surface area (Å²) in [6.45, 7) is 1.22. The van der Waals surface area contributed by atoms with E-state index in [4.69, 9.17) is 0 Å². The molecule has 0 unspecified atom stereocenters. The van der Waals surface area contributed by atoms with Gasteiger partial charge in [-0.25, -0.2) is 0 Å². The van der Waals surface area contributed by atoms with Crippen LogP contribution in [0.2, 0.25) is 0 Å². The summed E-state index contributed by atoms with van der Waals surface area (Å²) in [7, 11) is 0. The Bertz CT molecular complexity index is 228. The quantitative estimate of drug-likeness (QED) is 0.296. The number of carbonyl (C=O) groups excluding carboxylic acids is 3. The monoisotopic (exact) mass is 172 g/mol. The molecule has 1 heterocycles. The lowest BCUT2D eigenvalue weighted by Crippen LogP contribution is -2.69. The summed E-state index contributed by atoms with van der Waals surface area (Å²) in [5.41, 5.74) is 0. The lowest BCUT2D eigenvalue weighted by molar-refractivity contribution is -0.163. The highest BCUT2D eigenvalue weighted by Crippen LogP contribution is 2.06. The molecular weight excluding hydrogens is 164 g/mol. The van der Waals surface area contributed by atoms with Gasteiger partial charge in [0.2, 0.25) is 12.6 Å². The molecule has 0 aromatic rings. The van der Waals surface area contributed by atoms with Crippen LogP contribution in [-0.4, -0.2) is 30.6 Å². The van der Waals surface area contributed by atoms with E-state index in [-0.39, 0.29) is 5.91 Å². The third-order valence-electron chi connectivity index (χ3n) is 1.41. The van der Waals surface area contributed by atoms with Gasteiger partial charge in [-0.1, -0.05) is 0 Å². The average Bonchev–Trinajstić information content (AvgIpc) is 1.99. The van der Waals surface area contributed by atoms with Crippen molar-refractivity contribution in [2.24, 2.45) is 0 Å². The number of amides is 2. The Hall–Kier alpha value is -1.59. The number of ether oxygens (including phenoxy) is 1. The minimum Gasteiger partial charge on any atom is -0.439 e. The Morgan fingerprint density at radius 1 is 1.75 bits per heavy atom. The van der Waals surface area contributed by atoms with Crippen LogP contribution >= 0.6 is 0 Å². The smallest absolute Gasteiger partial charge is 0.304 e. The first-order valence-electron chi connectivity index (χ1n) is 3.32. The molecule has 2 N–H and O–H groups in total. The summed E-state index contributed by atoms with van der Waals surface area (Å²) in [4.78, 5) is 31.1. The van der Waals surface area contributed by atoms with Gasteiger partial charge in [0.05, 0.1) is 0 Å². The number of nitrogens with one attached hydrogen (secondary N) is 2. The van der Waals surface area contributed by atoms with E-state index in [9.17, 15) is 14.4 Å². The Labute approximate surface area is 68.3 Å². The second-order valence-electron chi connectivity index (χ2n) is 2.30. The summed E-state index contributed by atoms with van der Waals surface area (Å²) in [5.74, 6) is -0.856. The van der Waals surface area contributed by atoms with E-state index in [1.54, 1.807) is 0 Å². The zero-order chi connectivity index (χ0) is 9.14. The molecule has 6 nitrogen and oxygen atoms in total. The van der Waals surface area contributed by atoms with Crippen molar-refractivity contribution < 1.29 is 19.1 Å². The molecule has 0 bridgehead atoms. The number of carbonyl (C=O) groups is 3. The fourth-order valence-electron chi connectivity index (χ4n) is 0.867. The average molecular weight is 172 g/mol. The standard InChI is InChI=1S/C6H8N2O4/c1-3(10)12-6-4(7-2-9)5(11)8-6/h2,4,6H,1H3,(H,7,9)(H,8,11)/t4-,6+/m1/s1. The van der Waals surface area contributed by atoms with Crippen LogP contribution in [0.5, 0.6) is 0 Å². The highest BCUT2D eigenvalue weighted by Gasteiger charge is 2.41. The number of esters is 1. The van der Waals surface area contributed by atoms with Crippen LogP contribution in [0.4, 0.5) is 0 Å². The molecule has 1 aliphatic heterocycles. The van der Waals surface area contributed by atoms with E-state index >= 15 is 0 Å².